The molecule has 5 fully saturated rings. The van der Waals surface area contributed by atoms with Gasteiger partial charge < -0.3 is 9.80 Å². The smallest absolute Gasteiger partial charge is 0.226 e. The molecule has 3 atom stereocenters. The lowest BCUT2D eigenvalue weighted by Gasteiger charge is -2.49. The predicted octanol–water partition coefficient (Wildman–Crippen LogP) is 3.86. The second-order valence-corrected chi connectivity index (χ2v) is 10.6. The van der Waals surface area contributed by atoms with Crippen molar-refractivity contribution >= 4 is 5.91 Å². The van der Waals surface area contributed by atoms with Gasteiger partial charge >= 0.3 is 0 Å². The number of amides is 1. The van der Waals surface area contributed by atoms with Crippen molar-refractivity contribution < 1.29 is 4.79 Å². The molecule has 1 amide bonds. The number of nitrogens with zero attached hydrogens (tertiary/aromatic N) is 4. The molecule has 4 aliphatic carbocycles. The maximum Gasteiger partial charge on any atom is 0.226 e. The highest BCUT2D eigenvalue weighted by atomic mass is 16.2. The van der Waals surface area contributed by atoms with E-state index in [2.05, 4.69) is 34.6 Å². The molecule has 0 aromatic carbocycles. The van der Waals surface area contributed by atoms with E-state index in [1.165, 1.54) is 76.4 Å². The molecule has 5 nitrogen and oxygen atoms in total. The van der Waals surface area contributed by atoms with Crippen LogP contribution in [0.1, 0.15) is 75.9 Å². The van der Waals surface area contributed by atoms with Crippen molar-refractivity contribution in [3.05, 3.63) is 18.0 Å². The first-order chi connectivity index (χ1) is 14.1. The van der Waals surface area contributed by atoms with Crippen LogP contribution < -0.4 is 0 Å². The Bertz CT molecular complexity index is 727. The van der Waals surface area contributed by atoms with Crippen LogP contribution in [0.25, 0.3) is 0 Å². The van der Waals surface area contributed by atoms with Crippen LogP contribution in [-0.2, 0) is 10.2 Å². The third kappa shape index (κ3) is 3.34. The molecule has 160 valence electrons. The van der Waals surface area contributed by atoms with Gasteiger partial charge in [-0.25, -0.2) is 0 Å². The molecule has 0 spiro atoms. The van der Waals surface area contributed by atoms with E-state index in [4.69, 9.17) is 5.10 Å². The van der Waals surface area contributed by atoms with Crippen LogP contribution in [0.3, 0.4) is 0 Å². The minimum atomic E-state index is 0.0936. The number of hydrogen-bond acceptors (Lipinski definition) is 3. The maximum atomic E-state index is 13.6. The summed E-state index contributed by atoms with van der Waals surface area (Å²) < 4.78 is 2.31. The third-order valence-electron chi connectivity index (χ3n) is 8.67. The van der Waals surface area contributed by atoms with Crippen molar-refractivity contribution in [2.45, 2.75) is 75.7 Å². The Morgan fingerprint density at radius 2 is 2.00 bits per heavy atom. The zero-order valence-electron chi connectivity index (χ0n) is 18.4. The van der Waals surface area contributed by atoms with Gasteiger partial charge in [0.2, 0.25) is 5.91 Å². The topological polar surface area (TPSA) is 41.4 Å². The van der Waals surface area contributed by atoms with Crippen LogP contribution >= 0.6 is 0 Å². The summed E-state index contributed by atoms with van der Waals surface area (Å²) in [5, 5.41) is 4.70. The average molecular weight is 399 g/mol. The van der Waals surface area contributed by atoms with Crippen LogP contribution in [0.2, 0.25) is 0 Å². The van der Waals surface area contributed by atoms with Gasteiger partial charge in [0.25, 0.3) is 0 Å². The third-order valence-corrected chi connectivity index (χ3v) is 8.67. The second kappa shape index (κ2) is 7.72. The van der Waals surface area contributed by atoms with Gasteiger partial charge in [0.05, 0.1) is 12.0 Å². The summed E-state index contributed by atoms with van der Waals surface area (Å²) in [4.78, 5) is 18.1. The molecule has 2 heterocycles. The SMILES string of the molecule is CN(C)CCCC1CCN(C(=O)C2C3CCC2(c2ccnn2C2CCC2)C3)CC1. The van der Waals surface area contributed by atoms with Gasteiger partial charge in [0.1, 0.15) is 0 Å². The molecule has 29 heavy (non-hydrogen) atoms. The fourth-order valence-electron chi connectivity index (χ4n) is 6.77. The van der Waals surface area contributed by atoms with Gasteiger partial charge in [0.15, 0.2) is 0 Å². The van der Waals surface area contributed by atoms with Gasteiger partial charge in [-0.2, -0.15) is 5.10 Å². The van der Waals surface area contributed by atoms with Crippen molar-refractivity contribution in [1.29, 1.82) is 0 Å². The molecule has 5 heteroatoms. The fraction of sp³-hybridized carbons (Fsp3) is 0.833. The second-order valence-electron chi connectivity index (χ2n) is 10.6. The molecular weight excluding hydrogens is 360 g/mol. The Hall–Kier alpha value is -1.36. The van der Waals surface area contributed by atoms with Crippen LogP contribution in [0.15, 0.2) is 12.3 Å². The van der Waals surface area contributed by atoms with Crippen LogP contribution in [0.5, 0.6) is 0 Å². The van der Waals surface area contributed by atoms with Crippen molar-refractivity contribution in [2.24, 2.45) is 17.8 Å². The van der Waals surface area contributed by atoms with Crippen LogP contribution in [0, 0.1) is 17.8 Å². The Morgan fingerprint density at radius 3 is 2.66 bits per heavy atom. The highest BCUT2D eigenvalue weighted by Crippen LogP contribution is 2.64. The highest BCUT2D eigenvalue weighted by Gasteiger charge is 2.64. The lowest BCUT2D eigenvalue weighted by molar-refractivity contribution is -0.145. The summed E-state index contributed by atoms with van der Waals surface area (Å²) in [6.07, 6.45) is 14.4. The Labute approximate surface area is 175 Å². The Kier molecular flexibility index (Phi) is 5.21. The van der Waals surface area contributed by atoms with E-state index in [0.717, 1.165) is 19.0 Å². The molecule has 5 aliphatic rings. The van der Waals surface area contributed by atoms with Crippen LogP contribution in [-0.4, -0.2) is 59.2 Å². The number of likely N-dealkylation sites (tertiary alicyclic amines) is 1. The molecule has 1 saturated heterocycles. The van der Waals surface area contributed by atoms with Crippen molar-refractivity contribution in [1.82, 2.24) is 19.6 Å². The molecular formula is C24H38N4O. The molecule has 2 bridgehead atoms. The number of aromatic nitrogens is 2. The lowest BCUT2D eigenvalue weighted by atomic mass is 9.57. The van der Waals surface area contributed by atoms with Gasteiger partial charge in [-0.1, -0.05) is 0 Å². The molecule has 1 aromatic rings. The summed E-state index contributed by atoms with van der Waals surface area (Å²) in [5.74, 6) is 2.12. The minimum absolute atomic E-state index is 0.0936. The highest BCUT2D eigenvalue weighted by molar-refractivity contribution is 5.83. The molecule has 0 radical (unpaired) electrons. The molecule has 0 N–H and O–H groups in total. The maximum absolute atomic E-state index is 13.6. The van der Waals surface area contributed by atoms with Crippen molar-refractivity contribution in [3.63, 3.8) is 0 Å². The predicted molar refractivity (Wildman–Crippen MR) is 115 cm³/mol. The molecule has 1 aliphatic heterocycles. The average Bonchev–Trinajstić information content (AvgIpc) is 3.35. The minimum Gasteiger partial charge on any atom is -0.342 e. The summed E-state index contributed by atoms with van der Waals surface area (Å²) in [6.45, 7) is 3.14. The van der Waals surface area contributed by atoms with Crippen molar-refractivity contribution in [2.75, 3.05) is 33.7 Å². The van der Waals surface area contributed by atoms with Gasteiger partial charge in [-0.05, 0) is 103 Å². The van der Waals surface area contributed by atoms with E-state index in [9.17, 15) is 4.79 Å². The zero-order chi connectivity index (χ0) is 20.0. The summed E-state index contributed by atoms with van der Waals surface area (Å²) in [6, 6.07) is 2.82. The number of rotatable bonds is 7. The zero-order valence-corrected chi connectivity index (χ0v) is 18.4. The number of carbonyl (C=O) groups excluding carboxylic acids is 1. The molecule has 3 unspecified atom stereocenters. The largest absolute Gasteiger partial charge is 0.342 e. The fourth-order valence-corrected chi connectivity index (χ4v) is 6.77. The molecule has 6 rings (SSSR count). The van der Waals surface area contributed by atoms with Gasteiger partial charge in [-0.3, -0.25) is 9.48 Å². The first-order valence-electron chi connectivity index (χ1n) is 12.1. The quantitative estimate of drug-likeness (QED) is 0.700. The van der Waals surface area contributed by atoms with E-state index >= 15 is 0 Å². The summed E-state index contributed by atoms with van der Waals surface area (Å²) in [5.41, 5.74) is 1.48. The van der Waals surface area contributed by atoms with E-state index in [1.807, 2.05) is 6.20 Å². The van der Waals surface area contributed by atoms with Gasteiger partial charge in [-0.15, -0.1) is 0 Å². The lowest BCUT2D eigenvalue weighted by Crippen LogP contribution is -2.55. The number of piperidine rings is 1. The standard InChI is InChI=1S/C24H38N4O/c1-26(2)14-4-5-18-10-15-27(16-11-18)23(29)22-19-8-12-24(22,17-19)21-9-13-25-28(21)20-6-3-7-20/h9,13,18-20,22H,3-8,10-12,14-17H2,1-2H3. The van der Waals surface area contributed by atoms with E-state index in [0.29, 0.717) is 17.9 Å². The van der Waals surface area contributed by atoms with Crippen LogP contribution in [0.4, 0.5) is 0 Å². The first-order valence-corrected chi connectivity index (χ1v) is 12.1. The number of hydrogen-bond donors (Lipinski definition) is 0. The Balaban J connectivity index is 1.23. The van der Waals surface area contributed by atoms with Crippen molar-refractivity contribution in [3.8, 4) is 0 Å². The van der Waals surface area contributed by atoms with E-state index in [-0.39, 0.29) is 11.3 Å². The monoisotopic (exact) mass is 398 g/mol. The van der Waals surface area contributed by atoms with E-state index in [1.54, 1.807) is 0 Å². The van der Waals surface area contributed by atoms with Gasteiger partial charge in [0, 0.05) is 30.4 Å². The normalized spacial score (nSPS) is 32.4. The summed E-state index contributed by atoms with van der Waals surface area (Å²) >= 11 is 0. The molecule has 4 saturated carbocycles. The first kappa shape index (κ1) is 19.6. The molecule has 1 aromatic heterocycles. The van der Waals surface area contributed by atoms with E-state index < -0.39 is 0 Å². The number of fused-ring (bicyclic) bond motifs is 1. The Morgan fingerprint density at radius 1 is 1.21 bits per heavy atom. The number of carbonyl (C=O) groups is 1. The summed E-state index contributed by atoms with van der Waals surface area (Å²) in [7, 11) is 4.31.